The summed E-state index contributed by atoms with van der Waals surface area (Å²) in [6, 6.07) is 27.1. The first-order valence-corrected chi connectivity index (χ1v) is 7.72. The molecule has 0 radical (unpaired) electrons. The number of nitrogens with zero attached hydrogens (tertiary/aromatic N) is 2. The highest BCUT2D eigenvalue weighted by molar-refractivity contribution is 5.79. The van der Waals surface area contributed by atoms with Gasteiger partial charge in [-0.15, -0.1) is 0 Å². The summed E-state index contributed by atoms with van der Waals surface area (Å²) in [6.07, 6.45) is 3.68. The maximum absolute atomic E-state index is 4.60. The van der Waals surface area contributed by atoms with Gasteiger partial charge >= 0.3 is 0 Å². The van der Waals surface area contributed by atoms with Crippen molar-refractivity contribution in [1.29, 1.82) is 0 Å². The zero-order valence-corrected chi connectivity index (χ0v) is 12.6. The van der Waals surface area contributed by atoms with Gasteiger partial charge in [0.25, 0.3) is 0 Å². The largest absolute Gasteiger partial charge is 0.260 e. The van der Waals surface area contributed by atoms with Crippen molar-refractivity contribution >= 4 is 10.9 Å². The van der Waals surface area contributed by atoms with E-state index < -0.39 is 0 Å². The van der Waals surface area contributed by atoms with Crippen LogP contribution < -0.4 is 0 Å². The number of pyridine rings is 2. The topological polar surface area (TPSA) is 25.8 Å². The van der Waals surface area contributed by atoms with Gasteiger partial charge in [-0.3, -0.25) is 9.97 Å². The molecule has 23 heavy (non-hydrogen) atoms. The smallest absolute Gasteiger partial charge is 0.0702 e. The first-order chi connectivity index (χ1) is 11.4. The van der Waals surface area contributed by atoms with E-state index in [1.165, 1.54) is 11.1 Å². The van der Waals surface area contributed by atoms with Crippen molar-refractivity contribution < 1.29 is 0 Å². The molecule has 2 aromatic heterocycles. The molecule has 2 nitrogen and oxygen atoms in total. The van der Waals surface area contributed by atoms with Crippen molar-refractivity contribution in [3.8, 4) is 0 Å². The van der Waals surface area contributed by atoms with Crippen molar-refractivity contribution in [2.24, 2.45) is 0 Å². The van der Waals surface area contributed by atoms with Crippen LogP contribution in [-0.4, -0.2) is 9.97 Å². The number of benzene rings is 2. The maximum Gasteiger partial charge on any atom is 0.0702 e. The fraction of sp³-hybridized carbons (Fsp3) is 0.0476. The minimum atomic E-state index is 0.127. The Morgan fingerprint density at radius 1 is 0.609 bits per heavy atom. The fourth-order valence-electron chi connectivity index (χ4n) is 3.00. The van der Waals surface area contributed by atoms with Crippen molar-refractivity contribution in [2.75, 3.05) is 0 Å². The number of hydrogen-bond donors (Lipinski definition) is 0. The lowest BCUT2D eigenvalue weighted by atomic mass is 9.87. The fourth-order valence-corrected chi connectivity index (χ4v) is 3.00. The van der Waals surface area contributed by atoms with Crippen LogP contribution >= 0.6 is 0 Å². The van der Waals surface area contributed by atoms with Gasteiger partial charge in [0.05, 0.1) is 17.1 Å². The van der Waals surface area contributed by atoms with E-state index in [0.29, 0.717) is 0 Å². The van der Waals surface area contributed by atoms with Gasteiger partial charge in [-0.05, 0) is 41.5 Å². The minimum Gasteiger partial charge on any atom is -0.260 e. The molecule has 2 heteroatoms. The van der Waals surface area contributed by atoms with Gasteiger partial charge in [0.2, 0.25) is 0 Å². The van der Waals surface area contributed by atoms with Gasteiger partial charge < -0.3 is 0 Å². The van der Waals surface area contributed by atoms with Crippen LogP contribution in [-0.2, 0) is 0 Å². The average molecular weight is 296 g/mol. The van der Waals surface area contributed by atoms with E-state index in [0.717, 1.165) is 16.6 Å². The molecule has 4 rings (SSSR count). The molecule has 0 saturated carbocycles. The Morgan fingerprint density at radius 3 is 2.26 bits per heavy atom. The van der Waals surface area contributed by atoms with Gasteiger partial charge in [0.15, 0.2) is 0 Å². The van der Waals surface area contributed by atoms with Gasteiger partial charge in [-0.1, -0.05) is 48.5 Å². The summed E-state index contributed by atoms with van der Waals surface area (Å²) >= 11 is 0. The average Bonchev–Trinajstić information content (AvgIpc) is 2.64. The predicted molar refractivity (Wildman–Crippen MR) is 93.4 cm³/mol. The van der Waals surface area contributed by atoms with E-state index in [4.69, 9.17) is 0 Å². The van der Waals surface area contributed by atoms with E-state index in [9.17, 15) is 0 Å². The van der Waals surface area contributed by atoms with Crippen LogP contribution in [0, 0.1) is 0 Å². The molecule has 110 valence electrons. The second-order valence-electron chi connectivity index (χ2n) is 5.55. The summed E-state index contributed by atoms with van der Waals surface area (Å²) in [7, 11) is 0. The van der Waals surface area contributed by atoms with Gasteiger partial charge in [0.1, 0.15) is 0 Å². The standard InChI is InChI=1S/C21H16N2/c1-2-7-16(8-3-1)21(20-10-4-5-13-23-20)18-11-12-19-17(15-18)9-6-14-22-19/h1-15,21H. The highest BCUT2D eigenvalue weighted by atomic mass is 14.7. The Balaban J connectivity index is 1.90. The van der Waals surface area contributed by atoms with Crippen molar-refractivity contribution in [3.63, 3.8) is 0 Å². The van der Waals surface area contributed by atoms with Crippen LogP contribution in [0.1, 0.15) is 22.7 Å². The van der Waals surface area contributed by atoms with Crippen LogP contribution in [0.3, 0.4) is 0 Å². The zero-order valence-electron chi connectivity index (χ0n) is 12.6. The second-order valence-corrected chi connectivity index (χ2v) is 5.55. The Bertz CT molecular complexity index is 878. The normalized spacial score (nSPS) is 12.2. The summed E-state index contributed by atoms with van der Waals surface area (Å²) in [4.78, 5) is 9.01. The molecule has 0 bridgehead atoms. The minimum absolute atomic E-state index is 0.127. The Labute approximate surface area is 135 Å². The Hall–Kier alpha value is -3.00. The molecule has 4 aromatic rings. The third kappa shape index (κ3) is 2.71. The lowest BCUT2D eigenvalue weighted by Crippen LogP contribution is -2.05. The van der Waals surface area contributed by atoms with Crippen molar-refractivity contribution in [3.05, 3.63) is 108 Å². The molecule has 0 fully saturated rings. The summed E-state index contributed by atoms with van der Waals surface area (Å²) in [5.74, 6) is 0.127. The summed E-state index contributed by atoms with van der Waals surface area (Å²) in [5.41, 5.74) is 4.55. The van der Waals surface area contributed by atoms with Crippen LogP contribution in [0.25, 0.3) is 10.9 Å². The van der Waals surface area contributed by atoms with Crippen LogP contribution in [0.4, 0.5) is 0 Å². The third-order valence-corrected chi connectivity index (χ3v) is 4.08. The molecular formula is C21H16N2. The molecule has 2 heterocycles. The van der Waals surface area contributed by atoms with Gasteiger partial charge in [-0.25, -0.2) is 0 Å². The van der Waals surface area contributed by atoms with Crippen LogP contribution in [0.5, 0.6) is 0 Å². The monoisotopic (exact) mass is 296 g/mol. The SMILES string of the molecule is c1ccc(C(c2ccc3ncccc3c2)c2ccccn2)cc1. The number of hydrogen-bond acceptors (Lipinski definition) is 2. The Kier molecular flexibility index (Phi) is 3.57. The van der Waals surface area contributed by atoms with Gasteiger partial charge in [-0.2, -0.15) is 0 Å². The molecule has 0 N–H and O–H groups in total. The van der Waals surface area contributed by atoms with E-state index >= 15 is 0 Å². The first kappa shape index (κ1) is 13.6. The summed E-state index contributed by atoms with van der Waals surface area (Å²) in [6.45, 7) is 0. The summed E-state index contributed by atoms with van der Waals surface area (Å²) in [5, 5.41) is 1.15. The van der Waals surface area contributed by atoms with Crippen LogP contribution in [0.15, 0.2) is 91.3 Å². The first-order valence-electron chi connectivity index (χ1n) is 7.72. The highest BCUT2D eigenvalue weighted by Gasteiger charge is 2.17. The third-order valence-electron chi connectivity index (χ3n) is 4.08. The van der Waals surface area contributed by atoms with E-state index in [1.54, 1.807) is 0 Å². The lowest BCUT2D eigenvalue weighted by Gasteiger charge is -2.18. The molecule has 0 aliphatic rings. The predicted octanol–water partition coefficient (Wildman–Crippen LogP) is 4.81. The molecule has 0 amide bonds. The highest BCUT2D eigenvalue weighted by Crippen LogP contribution is 2.31. The molecule has 0 aliphatic heterocycles. The molecule has 1 unspecified atom stereocenters. The molecule has 0 aliphatic carbocycles. The molecule has 1 atom stereocenters. The molecule has 0 spiro atoms. The van der Waals surface area contributed by atoms with Gasteiger partial charge in [0, 0.05) is 17.8 Å². The number of fused-ring (bicyclic) bond motifs is 1. The van der Waals surface area contributed by atoms with Crippen molar-refractivity contribution in [2.45, 2.75) is 5.92 Å². The quantitative estimate of drug-likeness (QED) is 0.542. The molecule has 0 saturated heterocycles. The molecular weight excluding hydrogens is 280 g/mol. The van der Waals surface area contributed by atoms with Crippen LogP contribution in [0.2, 0.25) is 0 Å². The number of aromatic nitrogens is 2. The Morgan fingerprint density at radius 2 is 1.43 bits per heavy atom. The number of rotatable bonds is 3. The maximum atomic E-state index is 4.60. The van der Waals surface area contributed by atoms with E-state index in [1.807, 2.05) is 36.7 Å². The zero-order chi connectivity index (χ0) is 15.5. The summed E-state index contributed by atoms with van der Waals surface area (Å²) < 4.78 is 0. The lowest BCUT2D eigenvalue weighted by molar-refractivity contribution is 0.920. The second kappa shape index (κ2) is 6.01. The van der Waals surface area contributed by atoms with Crippen molar-refractivity contribution in [1.82, 2.24) is 9.97 Å². The molecule has 2 aromatic carbocycles. The van der Waals surface area contributed by atoms with E-state index in [-0.39, 0.29) is 5.92 Å². The van der Waals surface area contributed by atoms with E-state index in [2.05, 4.69) is 64.6 Å².